The van der Waals surface area contributed by atoms with Crippen LogP contribution in [0.2, 0.25) is 0 Å². The molecule has 0 fully saturated rings. The van der Waals surface area contributed by atoms with E-state index in [2.05, 4.69) is 21.8 Å². The van der Waals surface area contributed by atoms with Crippen LogP contribution in [-0.2, 0) is 0 Å². The molecule has 0 radical (unpaired) electrons. The lowest BCUT2D eigenvalue weighted by Crippen LogP contribution is -2.19. The summed E-state index contributed by atoms with van der Waals surface area (Å²) in [7, 11) is 0. The van der Waals surface area contributed by atoms with Crippen molar-refractivity contribution in [2.45, 2.75) is 6.92 Å². The Bertz CT molecular complexity index is 1140. The number of halogens is 1. The fraction of sp³-hybridized carbons (Fsp3) is 0.0435. The van der Waals surface area contributed by atoms with Gasteiger partial charge < -0.3 is 10.6 Å². The zero-order valence-corrected chi connectivity index (χ0v) is 15.8. The van der Waals surface area contributed by atoms with Crippen LogP contribution in [-0.4, -0.2) is 15.8 Å². The Labute approximate surface area is 167 Å². The Morgan fingerprint density at radius 1 is 0.897 bits per heavy atom. The zero-order chi connectivity index (χ0) is 20.2. The van der Waals surface area contributed by atoms with Crippen LogP contribution in [0.1, 0.15) is 5.56 Å². The monoisotopic (exact) mass is 386 g/mol. The number of carbonyl (C=O) groups excluding carboxylic acids is 1. The van der Waals surface area contributed by atoms with Gasteiger partial charge in [-0.15, -0.1) is 0 Å². The number of hydrogen-bond acceptors (Lipinski definition) is 2. The van der Waals surface area contributed by atoms with Crippen LogP contribution in [0.5, 0.6) is 0 Å². The molecular formula is C23H19FN4O. The van der Waals surface area contributed by atoms with Gasteiger partial charge in [-0.2, -0.15) is 5.10 Å². The maximum absolute atomic E-state index is 14.4. The van der Waals surface area contributed by atoms with Crippen LogP contribution >= 0.6 is 0 Å². The number of nitrogens with one attached hydrogen (secondary N) is 2. The van der Waals surface area contributed by atoms with Crippen LogP contribution < -0.4 is 10.6 Å². The first kappa shape index (κ1) is 18.4. The van der Waals surface area contributed by atoms with E-state index in [9.17, 15) is 9.18 Å². The molecule has 1 aromatic heterocycles. The van der Waals surface area contributed by atoms with Crippen molar-refractivity contribution in [1.29, 1.82) is 0 Å². The van der Waals surface area contributed by atoms with Gasteiger partial charge in [0.15, 0.2) is 5.82 Å². The molecule has 4 aromatic rings. The Hall–Kier alpha value is -3.93. The summed E-state index contributed by atoms with van der Waals surface area (Å²) < 4.78 is 15.8. The molecule has 0 spiro atoms. The standard InChI is InChI=1S/C23H19FN4O/c1-16-12-18(17-6-3-2-4-7-17)14-20(13-16)27-23(29)26-19-8-9-22(21(24)15-19)28-11-5-10-25-28/h2-15H,1H3,(H2,26,27,29). The zero-order valence-electron chi connectivity index (χ0n) is 15.8. The van der Waals surface area contributed by atoms with Crippen LogP contribution in [0.15, 0.2) is 85.2 Å². The number of anilines is 2. The number of carbonyl (C=O) groups is 1. The van der Waals surface area contributed by atoms with E-state index in [1.807, 2.05) is 49.4 Å². The minimum absolute atomic E-state index is 0.312. The fourth-order valence-corrected chi connectivity index (χ4v) is 3.13. The Balaban J connectivity index is 1.49. The lowest BCUT2D eigenvalue weighted by atomic mass is 10.0. The third-order valence-electron chi connectivity index (χ3n) is 4.40. The van der Waals surface area contributed by atoms with Gasteiger partial charge >= 0.3 is 6.03 Å². The van der Waals surface area contributed by atoms with E-state index in [-0.39, 0.29) is 0 Å². The normalized spacial score (nSPS) is 10.6. The van der Waals surface area contributed by atoms with Gasteiger partial charge in [0.25, 0.3) is 0 Å². The second-order valence-corrected chi connectivity index (χ2v) is 6.65. The highest BCUT2D eigenvalue weighted by Crippen LogP contribution is 2.25. The third kappa shape index (κ3) is 4.32. The molecule has 0 atom stereocenters. The molecule has 2 N–H and O–H groups in total. The van der Waals surface area contributed by atoms with Crippen molar-refractivity contribution in [3.63, 3.8) is 0 Å². The van der Waals surface area contributed by atoms with Gasteiger partial charge in [0, 0.05) is 23.8 Å². The summed E-state index contributed by atoms with van der Waals surface area (Å²) in [5.41, 5.74) is 4.43. The lowest BCUT2D eigenvalue weighted by Gasteiger charge is -2.12. The van der Waals surface area contributed by atoms with E-state index >= 15 is 0 Å². The van der Waals surface area contributed by atoms with Crippen LogP contribution in [0.3, 0.4) is 0 Å². The molecule has 0 saturated heterocycles. The molecular weight excluding hydrogens is 367 g/mol. The maximum Gasteiger partial charge on any atom is 0.323 e. The Morgan fingerprint density at radius 2 is 1.69 bits per heavy atom. The van der Waals surface area contributed by atoms with Crippen molar-refractivity contribution in [1.82, 2.24) is 9.78 Å². The maximum atomic E-state index is 14.4. The highest BCUT2D eigenvalue weighted by Gasteiger charge is 2.09. The van der Waals surface area contributed by atoms with Crippen molar-refractivity contribution in [3.05, 3.63) is 96.6 Å². The molecule has 144 valence electrons. The summed E-state index contributed by atoms with van der Waals surface area (Å²) in [6.07, 6.45) is 3.23. The molecule has 0 aliphatic heterocycles. The molecule has 0 bridgehead atoms. The molecule has 0 unspecified atom stereocenters. The molecule has 0 saturated carbocycles. The van der Waals surface area contributed by atoms with Crippen molar-refractivity contribution in [2.24, 2.45) is 0 Å². The molecule has 4 rings (SSSR count). The molecule has 6 heteroatoms. The van der Waals surface area contributed by atoms with Crippen molar-refractivity contribution >= 4 is 17.4 Å². The van der Waals surface area contributed by atoms with Gasteiger partial charge in [-0.25, -0.2) is 13.9 Å². The fourth-order valence-electron chi connectivity index (χ4n) is 3.13. The highest BCUT2D eigenvalue weighted by atomic mass is 19.1. The molecule has 0 aliphatic carbocycles. The average molecular weight is 386 g/mol. The van der Waals surface area contributed by atoms with E-state index in [0.717, 1.165) is 16.7 Å². The topological polar surface area (TPSA) is 59.0 Å². The SMILES string of the molecule is Cc1cc(NC(=O)Nc2ccc(-n3cccn3)c(F)c2)cc(-c2ccccc2)c1. The first-order valence-electron chi connectivity index (χ1n) is 9.13. The number of hydrogen-bond donors (Lipinski definition) is 2. The van der Waals surface area contributed by atoms with E-state index in [1.54, 1.807) is 30.6 Å². The first-order valence-corrected chi connectivity index (χ1v) is 9.13. The van der Waals surface area contributed by atoms with E-state index < -0.39 is 11.8 Å². The lowest BCUT2D eigenvalue weighted by molar-refractivity contribution is 0.262. The molecule has 3 aromatic carbocycles. The van der Waals surface area contributed by atoms with Gasteiger partial charge in [-0.05, 0) is 60.0 Å². The molecule has 0 aliphatic rings. The average Bonchev–Trinajstić information content (AvgIpc) is 3.22. The predicted molar refractivity (Wildman–Crippen MR) is 113 cm³/mol. The van der Waals surface area contributed by atoms with E-state index in [4.69, 9.17) is 0 Å². The Kier molecular flexibility index (Phi) is 5.07. The van der Waals surface area contributed by atoms with Crippen molar-refractivity contribution < 1.29 is 9.18 Å². The second kappa shape index (κ2) is 7.98. The largest absolute Gasteiger partial charge is 0.323 e. The number of aromatic nitrogens is 2. The van der Waals surface area contributed by atoms with Crippen molar-refractivity contribution in [3.8, 4) is 16.8 Å². The van der Waals surface area contributed by atoms with Gasteiger partial charge in [0.05, 0.1) is 0 Å². The summed E-state index contributed by atoms with van der Waals surface area (Å²) in [5, 5.41) is 9.49. The number of amides is 2. The smallest absolute Gasteiger partial charge is 0.308 e. The minimum atomic E-state index is -0.478. The third-order valence-corrected chi connectivity index (χ3v) is 4.40. The van der Waals surface area contributed by atoms with Crippen LogP contribution in [0.4, 0.5) is 20.6 Å². The summed E-state index contributed by atoms with van der Waals surface area (Å²) in [4.78, 5) is 12.4. The first-order chi connectivity index (χ1) is 14.1. The highest BCUT2D eigenvalue weighted by molar-refractivity contribution is 6.00. The van der Waals surface area contributed by atoms with Crippen molar-refractivity contribution in [2.75, 3.05) is 10.6 Å². The van der Waals surface area contributed by atoms with Gasteiger partial charge in [-0.3, -0.25) is 0 Å². The van der Waals surface area contributed by atoms with E-state index in [1.165, 1.54) is 10.7 Å². The number of rotatable bonds is 4. The van der Waals surface area contributed by atoms with Gasteiger partial charge in [-0.1, -0.05) is 36.4 Å². The molecule has 5 nitrogen and oxygen atoms in total. The number of aryl methyl sites for hydroxylation is 1. The molecule has 1 heterocycles. The molecule has 29 heavy (non-hydrogen) atoms. The second-order valence-electron chi connectivity index (χ2n) is 6.65. The number of nitrogens with zero attached hydrogens (tertiary/aromatic N) is 2. The number of benzene rings is 3. The predicted octanol–water partition coefficient (Wildman–Crippen LogP) is 5.63. The van der Waals surface area contributed by atoms with Gasteiger partial charge in [0.1, 0.15) is 5.69 Å². The summed E-state index contributed by atoms with van der Waals surface area (Å²) in [6.45, 7) is 1.97. The summed E-state index contributed by atoms with van der Waals surface area (Å²) in [6, 6.07) is 21.5. The van der Waals surface area contributed by atoms with Gasteiger partial charge in [0.2, 0.25) is 0 Å². The minimum Gasteiger partial charge on any atom is -0.308 e. The summed E-state index contributed by atoms with van der Waals surface area (Å²) in [5.74, 6) is -0.478. The quantitative estimate of drug-likeness (QED) is 0.477. The summed E-state index contributed by atoms with van der Waals surface area (Å²) >= 11 is 0. The van der Waals surface area contributed by atoms with Crippen LogP contribution in [0, 0.1) is 12.7 Å². The number of urea groups is 1. The molecule has 2 amide bonds. The van der Waals surface area contributed by atoms with Crippen LogP contribution in [0.25, 0.3) is 16.8 Å². The Morgan fingerprint density at radius 3 is 2.41 bits per heavy atom. The van der Waals surface area contributed by atoms with E-state index in [0.29, 0.717) is 17.1 Å².